The summed E-state index contributed by atoms with van der Waals surface area (Å²) in [6.07, 6.45) is 4.01. The molecule has 1 aromatic rings. The molecule has 1 saturated carbocycles. The van der Waals surface area contributed by atoms with Crippen molar-refractivity contribution in [1.29, 1.82) is 0 Å². The molecule has 5 heteroatoms. The molecule has 0 aromatic carbocycles. The van der Waals surface area contributed by atoms with E-state index >= 15 is 0 Å². The number of hydrogen-bond donors (Lipinski definition) is 1. The molecule has 0 saturated heterocycles. The van der Waals surface area contributed by atoms with Gasteiger partial charge in [0.1, 0.15) is 0 Å². The summed E-state index contributed by atoms with van der Waals surface area (Å²) in [5, 5.41) is 5.67. The van der Waals surface area contributed by atoms with E-state index in [1.807, 2.05) is 0 Å². The van der Waals surface area contributed by atoms with Gasteiger partial charge in [-0.05, 0) is 47.7 Å². The van der Waals surface area contributed by atoms with Gasteiger partial charge in [0.2, 0.25) is 0 Å². The largest absolute Gasteiger partial charge is 0.469 e. The van der Waals surface area contributed by atoms with Crippen LogP contribution in [0.15, 0.2) is 15.9 Å². The topological polar surface area (TPSA) is 38.3 Å². The minimum Gasteiger partial charge on any atom is -0.469 e. The molecule has 1 N–H and O–H groups in total. The number of hydrogen-bond acceptors (Lipinski definition) is 4. The van der Waals surface area contributed by atoms with Crippen molar-refractivity contribution in [2.45, 2.75) is 38.3 Å². The zero-order valence-electron chi connectivity index (χ0n) is 10.4. The Kier molecular flexibility index (Phi) is 5.21. The number of carbonyl (C=O) groups is 1. The van der Waals surface area contributed by atoms with Crippen LogP contribution in [0.4, 0.5) is 0 Å². The van der Waals surface area contributed by atoms with Crippen molar-refractivity contribution in [3.05, 3.63) is 20.8 Å². The summed E-state index contributed by atoms with van der Waals surface area (Å²) in [6.45, 7) is 0.920. The molecule has 18 heavy (non-hydrogen) atoms. The van der Waals surface area contributed by atoms with Crippen LogP contribution in [0.2, 0.25) is 0 Å². The third kappa shape index (κ3) is 3.80. The van der Waals surface area contributed by atoms with E-state index in [2.05, 4.69) is 32.7 Å². The van der Waals surface area contributed by atoms with Crippen LogP contribution in [0.3, 0.4) is 0 Å². The molecule has 2 rings (SSSR count). The highest BCUT2D eigenvalue weighted by Crippen LogP contribution is 2.26. The second-order valence-electron chi connectivity index (χ2n) is 4.68. The van der Waals surface area contributed by atoms with Crippen molar-refractivity contribution < 1.29 is 9.53 Å². The third-order valence-corrected chi connectivity index (χ3v) is 5.15. The number of carbonyl (C=O) groups excluding carboxylic acids is 1. The second kappa shape index (κ2) is 6.68. The van der Waals surface area contributed by atoms with Gasteiger partial charge in [0.05, 0.1) is 13.0 Å². The standard InChI is InChI=1S/C13H18BrNO2S/c1-17-13(16)9-2-4-11(5-3-9)15-7-12-6-10(14)8-18-12/h6,8-9,11,15H,2-5,7H2,1H3. The predicted octanol–water partition coefficient (Wildman–Crippen LogP) is 3.33. The molecule has 0 bridgehead atoms. The molecule has 1 aliphatic rings. The summed E-state index contributed by atoms with van der Waals surface area (Å²) in [6, 6.07) is 2.68. The minimum absolute atomic E-state index is 0.0457. The summed E-state index contributed by atoms with van der Waals surface area (Å²) >= 11 is 5.22. The van der Waals surface area contributed by atoms with Crippen LogP contribution in [0, 0.1) is 5.92 Å². The van der Waals surface area contributed by atoms with E-state index in [0.29, 0.717) is 6.04 Å². The van der Waals surface area contributed by atoms with E-state index in [-0.39, 0.29) is 11.9 Å². The first-order valence-electron chi connectivity index (χ1n) is 6.23. The summed E-state index contributed by atoms with van der Waals surface area (Å²) in [5.74, 6) is 0.0690. The maximum Gasteiger partial charge on any atom is 0.308 e. The molecular formula is C13H18BrNO2S. The van der Waals surface area contributed by atoms with Gasteiger partial charge >= 0.3 is 5.97 Å². The predicted molar refractivity (Wildman–Crippen MR) is 76.6 cm³/mol. The Balaban J connectivity index is 1.72. The lowest BCUT2D eigenvalue weighted by Gasteiger charge is -2.27. The van der Waals surface area contributed by atoms with Crippen molar-refractivity contribution in [3.8, 4) is 0 Å². The lowest BCUT2D eigenvalue weighted by atomic mass is 9.86. The monoisotopic (exact) mass is 331 g/mol. The zero-order chi connectivity index (χ0) is 13.0. The lowest BCUT2D eigenvalue weighted by molar-refractivity contribution is -0.146. The molecule has 1 aromatic heterocycles. The summed E-state index contributed by atoms with van der Waals surface area (Å²) in [5.41, 5.74) is 0. The molecule has 1 fully saturated rings. The second-order valence-corrected chi connectivity index (χ2v) is 6.60. The van der Waals surface area contributed by atoms with E-state index in [0.717, 1.165) is 36.7 Å². The maximum absolute atomic E-state index is 11.4. The Morgan fingerprint density at radius 2 is 2.22 bits per heavy atom. The Morgan fingerprint density at radius 1 is 1.50 bits per heavy atom. The minimum atomic E-state index is -0.0457. The molecule has 0 aliphatic heterocycles. The fourth-order valence-electron chi connectivity index (χ4n) is 2.39. The Bertz CT molecular complexity index is 399. The highest BCUT2D eigenvalue weighted by molar-refractivity contribution is 9.10. The number of methoxy groups -OCH3 is 1. The molecule has 0 atom stereocenters. The molecule has 100 valence electrons. The highest BCUT2D eigenvalue weighted by Gasteiger charge is 2.26. The van der Waals surface area contributed by atoms with Crippen LogP contribution >= 0.6 is 27.3 Å². The van der Waals surface area contributed by atoms with Gasteiger partial charge in [0, 0.05) is 27.3 Å². The van der Waals surface area contributed by atoms with Gasteiger partial charge in [-0.2, -0.15) is 0 Å². The summed E-state index contributed by atoms with van der Waals surface area (Å²) < 4.78 is 5.95. The van der Waals surface area contributed by atoms with Crippen LogP contribution in [-0.2, 0) is 16.1 Å². The average Bonchev–Trinajstić information content (AvgIpc) is 2.82. The van der Waals surface area contributed by atoms with Crippen molar-refractivity contribution in [1.82, 2.24) is 5.32 Å². The van der Waals surface area contributed by atoms with Crippen molar-refractivity contribution >= 4 is 33.2 Å². The molecule has 0 radical (unpaired) electrons. The van der Waals surface area contributed by atoms with E-state index in [1.165, 1.54) is 12.0 Å². The van der Waals surface area contributed by atoms with Crippen LogP contribution in [0.5, 0.6) is 0 Å². The number of esters is 1. The van der Waals surface area contributed by atoms with Gasteiger partial charge in [-0.25, -0.2) is 0 Å². The Labute approximate surface area is 120 Å². The fourth-order valence-corrected chi connectivity index (χ4v) is 3.79. The molecule has 1 aliphatic carbocycles. The summed E-state index contributed by atoms with van der Waals surface area (Å²) in [4.78, 5) is 12.8. The number of thiophene rings is 1. The molecule has 0 spiro atoms. The first kappa shape index (κ1) is 14.0. The molecule has 1 heterocycles. The fraction of sp³-hybridized carbons (Fsp3) is 0.615. The molecule has 3 nitrogen and oxygen atoms in total. The van der Waals surface area contributed by atoms with Crippen LogP contribution in [0.1, 0.15) is 30.6 Å². The molecular weight excluding hydrogens is 314 g/mol. The quantitative estimate of drug-likeness (QED) is 0.860. The number of rotatable bonds is 4. The van der Waals surface area contributed by atoms with Gasteiger partial charge in [-0.1, -0.05) is 0 Å². The van der Waals surface area contributed by atoms with E-state index in [4.69, 9.17) is 4.74 Å². The zero-order valence-corrected chi connectivity index (χ0v) is 12.9. The van der Waals surface area contributed by atoms with E-state index in [1.54, 1.807) is 11.3 Å². The van der Waals surface area contributed by atoms with Gasteiger partial charge in [-0.15, -0.1) is 11.3 Å². The van der Waals surface area contributed by atoms with Crippen LogP contribution < -0.4 is 5.32 Å². The van der Waals surface area contributed by atoms with Gasteiger partial charge in [-0.3, -0.25) is 4.79 Å². The SMILES string of the molecule is COC(=O)C1CCC(NCc2cc(Br)cs2)CC1. The summed E-state index contributed by atoms with van der Waals surface area (Å²) in [7, 11) is 1.47. The number of ether oxygens (including phenoxy) is 1. The lowest BCUT2D eigenvalue weighted by Crippen LogP contribution is -2.34. The van der Waals surface area contributed by atoms with E-state index < -0.39 is 0 Å². The first-order chi connectivity index (χ1) is 8.69. The third-order valence-electron chi connectivity index (χ3n) is 3.45. The van der Waals surface area contributed by atoms with Crippen LogP contribution in [-0.4, -0.2) is 19.1 Å². The first-order valence-corrected chi connectivity index (χ1v) is 7.90. The maximum atomic E-state index is 11.4. The van der Waals surface area contributed by atoms with Crippen molar-refractivity contribution in [2.24, 2.45) is 5.92 Å². The molecule has 0 unspecified atom stereocenters. The molecule has 0 amide bonds. The highest BCUT2D eigenvalue weighted by atomic mass is 79.9. The van der Waals surface area contributed by atoms with E-state index in [9.17, 15) is 4.79 Å². The average molecular weight is 332 g/mol. The number of nitrogens with one attached hydrogen (secondary N) is 1. The van der Waals surface area contributed by atoms with Crippen LogP contribution in [0.25, 0.3) is 0 Å². The number of halogens is 1. The van der Waals surface area contributed by atoms with Gasteiger partial charge < -0.3 is 10.1 Å². The van der Waals surface area contributed by atoms with Crippen molar-refractivity contribution in [3.63, 3.8) is 0 Å². The normalized spacial score (nSPS) is 23.9. The Morgan fingerprint density at radius 3 is 2.78 bits per heavy atom. The van der Waals surface area contributed by atoms with Gasteiger partial charge in [0.15, 0.2) is 0 Å². The van der Waals surface area contributed by atoms with Crippen molar-refractivity contribution in [2.75, 3.05) is 7.11 Å². The van der Waals surface area contributed by atoms with Gasteiger partial charge in [0.25, 0.3) is 0 Å². The smallest absolute Gasteiger partial charge is 0.308 e. The Hall–Kier alpha value is -0.390.